The molecule has 3 aromatic rings. The van der Waals surface area contributed by atoms with Crippen LogP contribution >= 0.6 is 23.5 Å². The maximum absolute atomic E-state index is 13.9. The highest BCUT2D eigenvalue weighted by Crippen LogP contribution is 2.69. The topological polar surface area (TPSA) is 312 Å². The molecule has 3 N–H and O–H groups in total. The molecule has 1 fully saturated rings. The Labute approximate surface area is 399 Å². The number of ether oxygens (including phenoxy) is 4. The van der Waals surface area contributed by atoms with E-state index in [1.54, 1.807) is 6.92 Å². The van der Waals surface area contributed by atoms with Gasteiger partial charge < -0.3 is 28.7 Å². The van der Waals surface area contributed by atoms with Gasteiger partial charge in [-0.3, -0.25) is 32.7 Å². The van der Waals surface area contributed by atoms with Crippen LogP contribution in [0.25, 0.3) is 10.4 Å². The predicted molar refractivity (Wildman–Crippen MR) is 249 cm³/mol. The van der Waals surface area contributed by atoms with E-state index in [1.807, 2.05) is 4.98 Å². The number of phosphoric acid groups is 3. The van der Waals surface area contributed by atoms with Gasteiger partial charge in [-0.25, -0.2) is 23.3 Å². The minimum atomic E-state index is -5.90. The Hall–Kier alpha value is -4.46. The van der Waals surface area contributed by atoms with Crippen LogP contribution in [0.5, 0.6) is 11.5 Å². The van der Waals surface area contributed by atoms with Gasteiger partial charge in [0.1, 0.15) is 17.7 Å². The zero-order valence-corrected chi connectivity index (χ0v) is 41.4. The highest BCUT2D eigenvalue weighted by atomic mass is 31.3. The Balaban J connectivity index is 1.29. The number of nitrogens with zero attached hydrogens (tertiary/aromatic N) is 4. The first-order valence-electron chi connectivity index (χ1n) is 22.9. The molecule has 0 saturated carbocycles. The third-order valence-corrected chi connectivity index (χ3v) is 15.1. The van der Waals surface area contributed by atoms with Crippen molar-refractivity contribution >= 4 is 35.6 Å². The SMILES string of the molecule is CCCCCCCCCCCCCCCCOC(=O)Oc1ccc(COP(=O)(OCc2ccc(OC(=O)CC)cc2)OP(=O)(O)OP(=O)(O)OC[C@H]2O[C@@H](n3ccc(=O)[nH]c3=O)C[C@H]2N=[N+]=[N-])cc1. The lowest BCUT2D eigenvalue weighted by Crippen LogP contribution is -2.31. The molecule has 6 atom stereocenters. The van der Waals surface area contributed by atoms with Crippen molar-refractivity contribution in [3.63, 3.8) is 0 Å². The second kappa shape index (κ2) is 29.7. The molecule has 69 heavy (non-hydrogen) atoms. The van der Waals surface area contributed by atoms with Crippen LogP contribution in [0.3, 0.4) is 0 Å². The lowest BCUT2D eigenvalue weighted by atomic mass is 10.0. The number of aromatic nitrogens is 2. The fraction of sp³-hybridized carbons (Fsp3) is 0.581. The minimum Gasteiger partial charge on any atom is -0.434 e. The minimum absolute atomic E-state index is 0.106. The van der Waals surface area contributed by atoms with Gasteiger partial charge in [0.25, 0.3) is 5.56 Å². The average Bonchev–Trinajstić information content (AvgIpc) is 3.70. The molecule has 2 heterocycles. The summed E-state index contributed by atoms with van der Waals surface area (Å²) in [6.45, 7) is 1.92. The first-order chi connectivity index (χ1) is 33.0. The van der Waals surface area contributed by atoms with Crippen molar-refractivity contribution in [1.82, 2.24) is 9.55 Å². The molecular weight excluding hydrogens is 967 g/mol. The summed E-state index contributed by atoms with van der Waals surface area (Å²) in [5, 5.41) is 3.54. The fourth-order valence-electron chi connectivity index (χ4n) is 6.82. The second-order valence-corrected chi connectivity index (χ2v) is 20.8. The van der Waals surface area contributed by atoms with E-state index < -0.39 is 85.0 Å². The number of hydrogen-bond acceptors (Lipinski definition) is 17. The molecule has 1 aliphatic rings. The standard InChI is InChI=1S/C43H62N5O18P3/c1-3-5-6-7-8-9-10-11-12-13-14-15-16-17-28-58-43(52)63-36-24-20-34(21-25-36)31-61-69(57,60-30-33-18-22-35(23-19-33)62-41(50)4-2)66-68(55,56)65-67(53,54)59-32-38-37(46-47-44)29-40(64-38)48-27-26-39(49)45-42(48)51/h18-27,37-38,40H,3-17,28-32H2,1-2H3,(H,53,54)(H,55,56)(H,45,49,51)/t37-,38-,40-,69?/m1/s1. The number of esters is 1. The molecule has 0 aliphatic carbocycles. The molecule has 0 radical (unpaired) electrons. The summed E-state index contributed by atoms with van der Waals surface area (Å²) in [6, 6.07) is 11.2. The summed E-state index contributed by atoms with van der Waals surface area (Å²) in [5.74, 6) is -0.203. The molecule has 4 rings (SSSR count). The van der Waals surface area contributed by atoms with Gasteiger partial charge in [-0.05, 0) is 47.3 Å². The Morgan fingerprint density at radius 3 is 1.81 bits per heavy atom. The Kier molecular flexibility index (Phi) is 24.6. The van der Waals surface area contributed by atoms with E-state index in [0.717, 1.165) is 36.1 Å². The summed E-state index contributed by atoms with van der Waals surface area (Å²) in [6.07, 6.45) is 14.5. The zero-order chi connectivity index (χ0) is 50.1. The Morgan fingerprint density at radius 1 is 0.754 bits per heavy atom. The number of unbranched alkanes of at least 4 members (excludes halogenated alkanes) is 13. The van der Waals surface area contributed by atoms with Crippen LogP contribution < -0.4 is 20.7 Å². The van der Waals surface area contributed by atoms with Crippen molar-refractivity contribution in [3.05, 3.63) is 103 Å². The van der Waals surface area contributed by atoms with E-state index in [4.69, 9.17) is 42.4 Å². The summed E-state index contributed by atoms with van der Waals surface area (Å²) in [7, 11) is -16.7. The number of rotatable bonds is 33. The highest BCUT2D eigenvalue weighted by Gasteiger charge is 2.45. The van der Waals surface area contributed by atoms with Gasteiger partial charge in [-0.2, -0.15) is 8.62 Å². The third-order valence-electron chi connectivity index (χ3n) is 10.4. The number of carbonyl (C=O) groups is 2. The lowest BCUT2D eigenvalue weighted by Gasteiger charge is -2.22. The zero-order valence-electron chi connectivity index (χ0n) is 38.7. The molecule has 1 saturated heterocycles. The van der Waals surface area contributed by atoms with Crippen LogP contribution in [0.4, 0.5) is 4.79 Å². The molecule has 382 valence electrons. The van der Waals surface area contributed by atoms with Crippen LogP contribution in [0.15, 0.2) is 75.5 Å². The third kappa shape index (κ3) is 22.0. The number of azide groups is 1. The van der Waals surface area contributed by atoms with Crippen molar-refractivity contribution in [2.24, 2.45) is 5.11 Å². The van der Waals surface area contributed by atoms with Gasteiger partial charge in [-0.1, -0.05) is 127 Å². The monoisotopic (exact) mass is 1030 g/mol. The molecule has 26 heteroatoms. The second-order valence-electron chi connectivity index (χ2n) is 16.0. The van der Waals surface area contributed by atoms with E-state index in [2.05, 4.69) is 21.3 Å². The summed E-state index contributed by atoms with van der Waals surface area (Å²) >= 11 is 0. The van der Waals surface area contributed by atoms with E-state index in [1.165, 1.54) is 113 Å². The molecule has 3 unspecified atom stereocenters. The molecule has 2 aromatic carbocycles. The van der Waals surface area contributed by atoms with Crippen molar-refractivity contribution in [2.75, 3.05) is 13.2 Å². The fourth-order valence-corrected chi connectivity index (χ4v) is 10.9. The van der Waals surface area contributed by atoms with Crippen LogP contribution in [-0.2, 0) is 63.4 Å². The van der Waals surface area contributed by atoms with E-state index >= 15 is 0 Å². The first-order valence-corrected chi connectivity index (χ1v) is 27.3. The lowest BCUT2D eigenvalue weighted by molar-refractivity contribution is -0.134. The van der Waals surface area contributed by atoms with Crippen molar-refractivity contribution in [2.45, 2.75) is 148 Å². The molecule has 1 aromatic heterocycles. The van der Waals surface area contributed by atoms with Gasteiger partial charge in [0.2, 0.25) is 0 Å². The van der Waals surface area contributed by atoms with Crippen LogP contribution in [0, 0.1) is 0 Å². The summed E-state index contributed by atoms with van der Waals surface area (Å²) < 4.78 is 87.0. The Morgan fingerprint density at radius 2 is 1.29 bits per heavy atom. The molecule has 1 aliphatic heterocycles. The molecule has 23 nitrogen and oxygen atoms in total. The number of phosphoric ester groups is 2. The van der Waals surface area contributed by atoms with Crippen LogP contribution in [0.2, 0.25) is 0 Å². The average molecular weight is 1030 g/mol. The predicted octanol–water partition coefficient (Wildman–Crippen LogP) is 10.6. The Bertz CT molecular complexity index is 2380. The number of carbonyl (C=O) groups excluding carboxylic acids is 2. The number of H-pyrrole nitrogens is 1. The quantitative estimate of drug-likeness (QED) is 0.00746. The largest absolute Gasteiger partial charge is 0.513 e. The van der Waals surface area contributed by atoms with E-state index in [9.17, 15) is 42.7 Å². The summed E-state index contributed by atoms with van der Waals surface area (Å²) in [4.78, 5) is 73.5. The van der Waals surface area contributed by atoms with Crippen molar-refractivity contribution in [3.8, 4) is 11.5 Å². The molecule has 0 bridgehead atoms. The smallest absolute Gasteiger partial charge is 0.434 e. The number of hydrogen-bond donors (Lipinski definition) is 3. The highest BCUT2D eigenvalue weighted by molar-refractivity contribution is 7.67. The number of aromatic amines is 1. The first kappa shape index (κ1) is 57.1. The maximum atomic E-state index is 13.9. The maximum Gasteiger partial charge on any atom is 0.513 e. The summed E-state index contributed by atoms with van der Waals surface area (Å²) in [5.41, 5.74) is 8.05. The van der Waals surface area contributed by atoms with Crippen molar-refractivity contribution in [1.29, 1.82) is 0 Å². The van der Waals surface area contributed by atoms with Gasteiger partial charge in [0.15, 0.2) is 0 Å². The molecule has 0 amide bonds. The van der Waals surface area contributed by atoms with Crippen LogP contribution in [-0.4, -0.2) is 56.8 Å². The number of benzene rings is 2. The van der Waals surface area contributed by atoms with Gasteiger partial charge in [-0.15, -0.1) is 0 Å². The van der Waals surface area contributed by atoms with Crippen molar-refractivity contribution < 1.29 is 74.2 Å². The molecule has 0 spiro atoms. The van der Waals surface area contributed by atoms with Gasteiger partial charge >= 0.3 is 41.3 Å². The van der Waals surface area contributed by atoms with Crippen LogP contribution in [0.1, 0.15) is 134 Å². The van der Waals surface area contributed by atoms with Gasteiger partial charge in [0.05, 0.1) is 38.6 Å². The van der Waals surface area contributed by atoms with E-state index in [0.29, 0.717) is 6.42 Å². The number of nitrogens with one attached hydrogen (secondary N) is 1. The van der Waals surface area contributed by atoms with E-state index in [-0.39, 0.29) is 42.1 Å². The normalized spacial score (nSPS) is 18.3. The van der Waals surface area contributed by atoms with Gasteiger partial charge in [0, 0.05) is 30.0 Å². The molecular formula is C43H62N5O18P3.